The molecule has 0 radical (unpaired) electrons. The van der Waals surface area contributed by atoms with Crippen molar-refractivity contribution in [3.63, 3.8) is 0 Å². The summed E-state index contributed by atoms with van der Waals surface area (Å²) in [6, 6.07) is 6.37. The normalized spacial score (nSPS) is 12.3. The molecule has 0 aliphatic heterocycles. The molecular weight excluding hydrogens is 300 g/mol. The zero-order chi connectivity index (χ0) is 14.8. The van der Waals surface area contributed by atoms with Crippen molar-refractivity contribution >= 4 is 32.9 Å². The first-order chi connectivity index (χ1) is 9.44. The summed E-state index contributed by atoms with van der Waals surface area (Å²) in [6.45, 7) is 1.72. The van der Waals surface area contributed by atoms with Crippen LogP contribution in [0.15, 0.2) is 39.8 Å². The monoisotopic (exact) mass is 312 g/mol. The Morgan fingerprint density at radius 2 is 2.15 bits per heavy atom. The first-order valence-electron chi connectivity index (χ1n) is 5.46. The molecule has 2 aromatic rings. The van der Waals surface area contributed by atoms with Crippen LogP contribution in [0, 0.1) is 6.92 Å². The van der Waals surface area contributed by atoms with Crippen LogP contribution >= 0.6 is 11.3 Å². The van der Waals surface area contributed by atoms with Crippen molar-refractivity contribution < 1.29 is 13.6 Å². The smallest absolute Gasteiger partial charge is 0.273 e. The standard InChI is InChI=1S/C11H12N4O3S2/c1-7-13-6-10(19-7)20(17,18)15-9-5-3-2-4-8(9)11(12)14-16/h2-6,15-16H,1H3,(H2,12,14). The van der Waals surface area contributed by atoms with Crippen LogP contribution in [-0.2, 0) is 10.0 Å². The Labute approximate surface area is 119 Å². The summed E-state index contributed by atoms with van der Waals surface area (Å²) >= 11 is 1.06. The number of benzene rings is 1. The van der Waals surface area contributed by atoms with Gasteiger partial charge in [-0.1, -0.05) is 17.3 Å². The second kappa shape index (κ2) is 5.47. The molecule has 0 amide bonds. The Hall–Kier alpha value is -2.13. The zero-order valence-electron chi connectivity index (χ0n) is 10.4. The van der Waals surface area contributed by atoms with Crippen LogP contribution in [0.5, 0.6) is 0 Å². The number of thiazole rings is 1. The second-order valence-corrected chi connectivity index (χ2v) is 6.98. The number of hydrogen-bond acceptors (Lipinski definition) is 6. The largest absolute Gasteiger partial charge is 0.409 e. The van der Waals surface area contributed by atoms with E-state index < -0.39 is 10.0 Å². The highest BCUT2D eigenvalue weighted by Gasteiger charge is 2.19. The molecule has 9 heteroatoms. The summed E-state index contributed by atoms with van der Waals surface area (Å²) in [4.78, 5) is 3.91. The van der Waals surface area contributed by atoms with Gasteiger partial charge in [-0.3, -0.25) is 4.72 Å². The number of amidine groups is 1. The van der Waals surface area contributed by atoms with E-state index in [2.05, 4.69) is 14.9 Å². The number of aryl methyl sites for hydroxylation is 1. The molecule has 1 heterocycles. The Bertz CT molecular complexity index is 753. The maximum Gasteiger partial charge on any atom is 0.273 e. The first-order valence-corrected chi connectivity index (χ1v) is 7.76. The van der Waals surface area contributed by atoms with Crippen molar-refractivity contribution in [2.75, 3.05) is 4.72 Å². The topological polar surface area (TPSA) is 118 Å². The van der Waals surface area contributed by atoms with Crippen LogP contribution in [0.4, 0.5) is 5.69 Å². The molecule has 0 aliphatic rings. The maximum absolute atomic E-state index is 12.2. The molecule has 2 rings (SSSR count). The van der Waals surface area contributed by atoms with E-state index in [-0.39, 0.29) is 15.7 Å². The molecule has 1 aromatic carbocycles. The molecule has 0 saturated carbocycles. The lowest BCUT2D eigenvalue weighted by atomic mass is 10.2. The third kappa shape index (κ3) is 2.89. The van der Waals surface area contributed by atoms with Gasteiger partial charge in [0, 0.05) is 5.56 Å². The molecule has 7 nitrogen and oxygen atoms in total. The molecule has 0 aliphatic carbocycles. The van der Waals surface area contributed by atoms with E-state index in [1.54, 1.807) is 25.1 Å². The number of nitrogens with zero attached hydrogens (tertiary/aromatic N) is 2. The molecule has 1 aromatic heterocycles. The van der Waals surface area contributed by atoms with Gasteiger partial charge in [0.1, 0.15) is 0 Å². The fourth-order valence-electron chi connectivity index (χ4n) is 1.51. The van der Waals surface area contributed by atoms with Crippen molar-refractivity contribution in [2.45, 2.75) is 11.1 Å². The van der Waals surface area contributed by atoms with Gasteiger partial charge >= 0.3 is 0 Å². The van der Waals surface area contributed by atoms with Gasteiger partial charge in [-0.2, -0.15) is 0 Å². The first kappa shape index (κ1) is 14.3. The Morgan fingerprint density at radius 1 is 1.45 bits per heavy atom. The van der Waals surface area contributed by atoms with Gasteiger partial charge in [-0.25, -0.2) is 13.4 Å². The number of rotatable bonds is 4. The summed E-state index contributed by atoms with van der Waals surface area (Å²) in [5.74, 6) is -0.177. The van der Waals surface area contributed by atoms with Gasteiger partial charge in [-0.15, -0.1) is 11.3 Å². The van der Waals surface area contributed by atoms with E-state index >= 15 is 0 Å². The number of nitrogens with one attached hydrogen (secondary N) is 1. The van der Waals surface area contributed by atoms with Gasteiger partial charge < -0.3 is 10.9 Å². The molecule has 0 saturated heterocycles. The zero-order valence-corrected chi connectivity index (χ0v) is 12.1. The minimum atomic E-state index is -3.74. The van der Waals surface area contributed by atoms with Gasteiger partial charge in [0.05, 0.1) is 16.9 Å². The maximum atomic E-state index is 12.2. The molecule has 0 fully saturated rings. The summed E-state index contributed by atoms with van der Waals surface area (Å²) in [7, 11) is -3.74. The van der Waals surface area contributed by atoms with Crippen molar-refractivity contribution in [2.24, 2.45) is 10.9 Å². The van der Waals surface area contributed by atoms with Crippen molar-refractivity contribution in [3.8, 4) is 0 Å². The molecule has 106 valence electrons. The summed E-state index contributed by atoms with van der Waals surface area (Å²) < 4.78 is 26.9. The number of sulfonamides is 1. The lowest BCUT2D eigenvalue weighted by molar-refractivity contribution is 0.318. The van der Waals surface area contributed by atoms with E-state index in [9.17, 15) is 8.42 Å². The predicted octanol–water partition coefficient (Wildman–Crippen LogP) is 1.35. The van der Waals surface area contributed by atoms with E-state index in [1.807, 2.05) is 0 Å². The van der Waals surface area contributed by atoms with Gasteiger partial charge in [0.15, 0.2) is 10.0 Å². The fourth-order valence-corrected chi connectivity index (χ4v) is 3.70. The Balaban J connectivity index is 2.40. The third-order valence-corrected chi connectivity index (χ3v) is 5.16. The molecule has 0 bridgehead atoms. The molecular formula is C11H12N4O3S2. The third-order valence-electron chi connectivity index (χ3n) is 2.42. The number of nitrogens with two attached hydrogens (primary N) is 1. The highest BCUT2D eigenvalue weighted by atomic mass is 32.2. The number of anilines is 1. The van der Waals surface area contributed by atoms with Crippen LogP contribution in [0.3, 0.4) is 0 Å². The molecule has 0 spiro atoms. The minimum absolute atomic E-state index is 0.101. The number of aromatic nitrogens is 1. The molecule has 0 unspecified atom stereocenters. The number of hydrogen-bond donors (Lipinski definition) is 3. The predicted molar refractivity (Wildman–Crippen MR) is 76.6 cm³/mol. The van der Waals surface area contributed by atoms with Crippen LogP contribution in [-0.4, -0.2) is 24.4 Å². The van der Waals surface area contributed by atoms with E-state index in [4.69, 9.17) is 10.9 Å². The summed E-state index contributed by atoms with van der Waals surface area (Å²) in [5, 5.41) is 12.2. The van der Waals surface area contributed by atoms with Crippen molar-refractivity contribution in [3.05, 3.63) is 41.0 Å². The molecule has 20 heavy (non-hydrogen) atoms. The lowest BCUT2D eigenvalue weighted by Gasteiger charge is -2.10. The van der Waals surface area contributed by atoms with E-state index in [0.717, 1.165) is 11.3 Å². The van der Waals surface area contributed by atoms with Crippen LogP contribution in [0.1, 0.15) is 10.6 Å². The Morgan fingerprint density at radius 3 is 2.75 bits per heavy atom. The summed E-state index contributed by atoms with van der Waals surface area (Å²) in [5.41, 5.74) is 6.03. The van der Waals surface area contributed by atoms with Crippen molar-refractivity contribution in [1.29, 1.82) is 0 Å². The fraction of sp³-hybridized carbons (Fsp3) is 0.0909. The average Bonchev–Trinajstić information content (AvgIpc) is 2.86. The quantitative estimate of drug-likeness (QED) is 0.341. The average molecular weight is 312 g/mol. The van der Waals surface area contributed by atoms with Crippen LogP contribution < -0.4 is 10.5 Å². The van der Waals surface area contributed by atoms with Gasteiger partial charge in [0.25, 0.3) is 10.0 Å². The minimum Gasteiger partial charge on any atom is -0.409 e. The second-order valence-electron chi connectivity index (χ2n) is 3.83. The number of oxime groups is 1. The van der Waals surface area contributed by atoms with E-state index in [1.165, 1.54) is 12.3 Å². The Kier molecular flexibility index (Phi) is 3.91. The number of para-hydroxylation sites is 1. The molecule has 0 atom stereocenters. The van der Waals surface area contributed by atoms with E-state index in [0.29, 0.717) is 10.6 Å². The summed E-state index contributed by atoms with van der Waals surface area (Å²) in [6.07, 6.45) is 1.29. The van der Waals surface area contributed by atoms with Crippen molar-refractivity contribution in [1.82, 2.24) is 4.98 Å². The molecule has 4 N–H and O–H groups in total. The van der Waals surface area contributed by atoms with Gasteiger partial charge in [-0.05, 0) is 19.1 Å². The highest BCUT2D eigenvalue weighted by Crippen LogP contribution is 2.23. The van der Waals surface area contributed by atoms with Crippen LogP contribution in [0.2, 0.25) is 0 Å². The van der Waals surface area contributed by atoms with Gasteiger partial charge in [0.2, 0.25) is 0 Å². The lowest BCUT2D eigenvalue weighted by Crippen LogP contribution is -2.19. The SMILES string of the molecule is Cc1ncc(S(=O)(=O)Nc2ccccc2/C(N)=N/O)s1. The highest BCUT2D eigenvalue weighted by molar-refractivity contribution is 7.94. The van der Waals surface area contributed by atoms with Crippen LogP contribution in [0.25, 0.3) is 0 Å².